The minimum atomic E-state index is -0.172. The van der Waals surface area contributed by atoms with Gasteiger partial charge in [-0.2, -0.15) is 5.10 Å². The Morgan fingerprint density at radius 2 is 1.52 bits per heavy atom. The van der Waals surface area contributed by atoms with Crippen molar-refractivity contribution in [2.24, 2.45) is 0 Å². The van der Waals surface area contributed by atoms with E-state index in [1.807, 2.05) is 16.9 Å². The monoisotopic (exact) mass is 365 g/mol. The van der Waals surface area contributed by atoms with E-state index in [-0.39, 0.29) is 16.9 Å². The van der Waals surface area contributed by atoms with Gasteiger partial charge >= 0.3 is 0 Å². The summed E-state index contributed by atoms with van der Waals surface area (Å²) in [5.41, 5.74) is 4.39. The van der Waals surface area contributed by atoms with Crippen molar-refractivity contribution in [3.63, 3.8) is 0 Å². The Morgan fingerprint density at radius 3 is 2.00 bits per heavy atom. The van der Waals surface area contributed by atoms with Crippen LogP contribution in [0, 0.1) is 0 Å². The smallest absolute Gasteiger partial charge is 0.158 e. The number of phenols is 1. The standard InChI is InChI=1S/C23H31N3O/c1-14(2)26-21-16(10-9-11-24-21)19(25-26)15-12-17(22(3,4)5)20(27)18(13-15)23(6,7)8/h9-14,27H,1-8H3. The molecule has 3 aromatic rings. The maximum atomic E-state index is 11.0. The van der Waals surface area contributed by atoms with Crippen LogP contribution in [0.25, 0.3) is 22.3 Å². The Kier molecular flexibility index (Phi) is 4.57. The molecular formula is C23H31N3O. The van der Waals surface area contributed by atoms with E-state index in [0.29, 0.717) is 5.75 Å². The highest BCUT2D eigenvalue weighted by Gasteiger charge is 2.28. The van der Waals surface area contributed by atoms with E-state index in [1.165, 1.54) is 0 Å². The zero-order valence-electron chi connectivity index (χ0n) is 17.8. The molecule has 4 nitrogen and oxygen atoms in total. The molecule has 2 aromatic heterocycles. The van der Waals surface area contributed by atoms with E-state index in [0.717, 1.165) is 33.4 Å². The first kappa shape index (κ1) is 19.4. The van der Waals surface area contributed by atoms with Gasteiger partial charge in [0.15, 0.2) is 5.65 Å². The highest BCUT2D eigenvalue weighted by atomic mass is 16.3. The van der Waals surface area contributed by atoms with Gasteiger partial charge in [0.2, 0.25) is 0 Å². The van der Waals surface area contributed by atoms with E-state index in [1.54, 1.807) is 0 Å². The van der Waals surface area contributed by atoms with E-state index in [9.17, 15) is 5.11 Å². The SMILES string of the molecule is CC(C)n1nc(-c2cc(C(C)(C)C)c(O)c(C(C)(C)C)c2)c2cccnc21. The molecule has 144 valence electrons. The van der Waals surface area contributed by atoms with Gasteiger partial charge in [0.25, 0.3) is 0 Å². The van der Waals surface area contributed by atoms with Crippen LogP contribution in [0.15, 0.2) is 30.5 Å². The molecule has 27 heavy (non-hydrogen) atoms. The van der Waals surface area contributed by atoms with E-state index in [2.05, 4.69) is 78.6 Å². The first-order valence-corrected chi connectivity index (χ1v) is 9.63. The third kappa shape index (κ3) is 3.45. The number of rotatable bonds is 2. The number of phenolic OH excluding ortho intramolecular Hbond substituents is 1. The minimum Gasteiger partial charge on any atom is -0.507 e. The number of hydrogen-bond acceptors (Lipinski definition) is 3. The Hall–Kier alpha value is -2.36. The van der Waals surface area contributed by atoms with Crippen LogP contribution in [-0.4, -0.2) is 19.9 Å². The van der Waals surface area contributed by atoms with Crippen molar-refractivity contribution in [2.75, 3.05) is 0 Å². The van der Waals surface area contributed by atoms with Crippen molar-refractivity contribution in [2.45, 2.75) is 72.3 Å². The molecule has 0 spiro atoms. The summed E-state index contributed by atoms with van der Waals surface area (Å²) in [5, 5.41) is 16.9. The molecule has 0 fully saturated rings. The summed E-state index contributed by atoms with van der Waals surface area (Å²) >= 11 is 0. The summed E-state index contributed by atoms with van der Waals surface area (Å²) in [5.74, 6) is 0.393. The second-order valence-electron chi connectivity index (χ2n) is 9.68. The van der Waals surface area contributed by atoms with Gasteiger partial charge < -0.3 is 5.11 Å². The summed E-state index contributed by atoms with van der Waals surface area (Å²) in [7, 11) is 0. The number of aromatic hydroxyl groups is 1. The van der Waals surface area contributed by atoms with Crippen LogP contribution in [0.5, 0.6) is 5.75 Å². The zero-order chi connectivity index (χ0) is 20.1. The lowest BCUT2D eigenvalue weighted by molar-refractivity contribution is 0.423. The Morgan fingerprint density at radius 1 is 0.963 bits per heavy atom. The van der Waals surface area contributed by atoms with Crippen LogP contribution in [0.3, 0.4) is 0 Å². The van der Waals surface area contributed by atoms with Crippen LogP contribution in [0.4, 0.5) is 0 Å². The van der Waals surface area contributed by atoms with E-state index < -0.39 is 0 Å². The lowest BCUT2D eigenvalue weighted by Crippen LogP contribution is -2.17. The van der Waals surface area contributed by atoms with Crippen LogP contribution in [-0.2, 0) is 10.8 Å². The quantitative estimate of drug-likeness (QED) is 0.608. The van der Waals surface area contributed by atoms with Crippen molar-refractivity contribution in [1.29, 1.82) is 0 Å². The highest BCUT2D eigenvalue weighted by Crippen LogP contribution is 2.42. The summed E-state index contributed by atoms with van der Waals surface area (Å²) in [6.07, 6.45) is 1.81. The van der Waals surface area contributed by atoms with Gasteiger partial charge in [0.05, 0.1) is 0 Å². The average molecular weight is 366 g/mol. The van der Waals surface area contributed by atoms with Crippen molar-refractivity contribution in [3.8, 4) is 17.0 Å². The lowest BCUT2D eigenvalue weighted by Gasteiger charge is -2.28. The van der Waals surface area contributed by atoms with Crippen LogP contribution < -0.4 is 0 Å². The number of hydrogen-bond donors (Lipinski definition) is 1. The van der Waals surface area contributed by atoms with Gasteiger partial charge in [-0.1, -0.05) is 41.5 Å². The highest BCUT2D eigenvalue weighted by molar-refractivity contribution is 5.91. The molecule has 0 saturated heterocycles. The van der Waals surface area contributed by atoms with Crippen molar-refractivity contribution in [1.82, 2.24) is 14.8 Å². The molecule has 2 heterocycles. The second kappa shape index (κ2) is 6.36. The Labute approximate surface area is 162 Å². The van der Waals surface area contributed by atoms with Crippen LogP contribution in [0.1, 0.15) is 72.6 Å². The molecule has 0 saturated carbocycles. The number of aromatic nitrogens is 3. The Bertz CT molecular complexity index is 950. The predicted molar refractivity (Wildman–Crippen MR) is 112 cm³/mol. The molecule has 3 rings (SSSR count). The molecule has 0 amide bonds. The largest absolute Gasteiger partial charge is 0.507 e. The molecule has 1 N–H and O–H groups in total. The summed E-state index contributed by atoms with van der Waals surface area (Å²) in [6, 6.07) is 8.42. The topological polar surface area (TPSA) is 50.9 Å². The fraction of sp³-hybridized carbons (Fsp3) is 0.478. The van der Waals surface area contributed by atoms with E-state index >= 15 is 0 Å². The van der Waals surface area contributed by atoms with Crippen molar-refractivity contribution in [3.05, 3.63) is 41.6 Å². The molecule has 0 bridgehead atoms. The molecule has 0 radical (unpaired) electrons. The maximum absolute atomic E-state index is 11.0. The molecule has 1 aromatic carbocycles. The third-order valence-electron chi connectivity index (χ3n) is 4.96. The van der Waals surface area contributed by atoms with E-state index in [4.69, 9.17) is 5.10 Å². The fourth-order valence-electron chi connectivity index (χ4n) is 3.46. The molecule has 0 aliphatic heterocycles. The van der Waals surface area contributed by atoms with Gasteiger partial charge in [-0.3, -0.25) is 0 Å². The first-order chi connectivity index (χ1) is 12.4. The minimum absolute atomic E-state index is 0.172. The molecule has 0 aliphatic rings. The van der Waals surface area contributed by atoms with Gasteiger partial charge in [-0.05, 0) is 48.9 Å². The normalized spacial score (nSPS) is 12.9. The number of pyridine rings is 1. The van der Waals surface area contributed by atoms with Gasteiger partial charge in [-0.15, -0.1) is 0 Å². The maximum Gasteiger partial charge on any atom is 0.158 e. The molecule has 4 heteroatoms. The number of benzene rings is 1. The predicted octanol–water partition coefficient (Wildman–Crippen LogP) is 5.98. The van der Waals surface area contributed by atoms with Crippen LogP contribution >= 0.6 is 0 Å². The summed E-state index contributed by atoms with van der Waals surface area (Å²) in [6.45, 7) is 17.0. The lowest BCUT2D eigenvalue weighted by atomic mass is 9.78. The Balaban J connectivity index is 2.38. The molecule has 0 unspecified atom stereocenters. The zero-order valence-corrected chi connectivity index (χ0v) is 17.8. The van der Waals surface area contributed by atoms with Crippen molar-refractivity contribution < 1.29 is 5.11 Å². The van der Waals surface area contributed by atoms with Gasteiger partial charge in [-0.25, -0.2) is 9.67 Å². The van der Waals surface area contributed by atoms with Crippen molar-refractivity contribution >= 4 is 11.0 Å². The number of nitrogens with zero attached hydrogens (tertiary/aromatic N) is 3. The summed E-state index contributed by atoms with van der Waals surface area (Å²) < 4.78 is 1.98. The fourth-order valence-corrected chi connectivity index (χ4v) is 3.46. The van der Waals surface area contributed by atoms with Gasteiger partial charge in [0, 0.05) is 34.3 Å². The van der Waals surface area contributed by atoms with Crippen LogP contribution in [0.2, 0.25) is 0 Å². The summed E-state index contributed by atoms with van der Waals surface area (Å²) in [4.78, 5) is 4.56. The first-order valence-electron chi connectivity index (χ1n) is 9.63. The number of fused-ring (bicyclic) bond motifs is 1. The third-order valence-corrected chi connectivity index (χ3v) is 4.96. The average Bonchev–Trinajstić information content (AvgIpc) is 2.93. The van der Waals surface area contributed by atoms with Gasteiger partial charge in [0.1, 0.15) is 11.4 Å². The second-order valence-corrected chi connectivity index (χ2v) is 9.68. The molecule has 0 aliphatic carbocycles. The molecule has 0 atom stereocenters. The molecular weight excluding hydrogens is 334 g/mol.